The molecule has 6 heteroatoms. The van der Waals surface area contributed by atoms with E-state index in [0.29, 0.717) is 5.82 Å². The summed E-state index contributed by atoms with van der Waals surface area (Å²) in [6.45, 7) is 3.91. The quantitative estimate of drug-likeness (QED) is 0.782. The Hall–Kier alpha value is -2.76. The molecule has 2 rings (SSSR count). The summed E-state index contributed by atoms with van der Waals surface area (Å²) in [7, 11) is 0. The number of nitrogens with one attached hydrogen (secondary N) is 1. The first-order valence-electron chi connectivity index (χ1n) is 6.49. The zero-order chi connectivity index (χ0) is 15.4. The smallest absolute Gasteiger partial charge is 0.337 e. The minimum Gasteiger partial charge on any atom is -0.491 e. The topological polar surface area (TPSA) is 97.5 Å². The van der Waals surface area contributed by atoms with E-state index in [2.05, 4.69) is 10.3 Å². The largest absolute Gasteiger partial charge is 0.491 e. The Morgan fingerprint density at radius 1 is 1.29 bits per heavy atom. The van der Waals surface area contributed by atoms with Crippen molar-refractivity contribution < 1.29 is 14.6 Å². The number of nitrogens with zero attached hydrogens (tertiary/aromatic N) is 1. The predicted molar refractivity (Wildman–Crippen MR) is 81.1 cm³/mol. The van der Waals surface area contributed by atoms with Crippen LogP contribution in [-0.2, 0) is 0 Å². The van der Waals surface area contributed by atoms with Gasteiger partial charge in [0.05, 0.1) is 17.4 Å². The van der Waals surface area contributed by atoms with Crippen molar-refractivity contribution in [1.29, 1.82) is 0 Å². The Morgan fingerprint density at radius 3 is 2.52 bits per heavy atom. The number of aromatic nitrogens is 1. The second-order valence-corrected chi connectivity index (χ2v) is 4.74. The van der Waals surface area contributed by atoms with Crippen LogP contribution in [0.3, 0.4) is 0 Å². The van der Waals surface area contributed by atoms with Crippen molar-refractivity contribution in [2.24, 2.45) is 0 Å². The second kappa shape index (κ2) is 6.13. The average Bonchev–Trinajstić information content (AvgIpc) is 2.42. The number of hydrogen-bond donors (Lipinski definition) is 3. The molecule has 0 amide bonds. The molecular weight excluding hydrogens is 270 g/mol. The fraction of sp³-hybridized carbons (Fsp3) is 0.200. The molecule has 6 nitrogen and oxygen atoms in total. The van der Waals surface area contributed by atoms with Gasteiger partial charge in [-0.25, -0.2) is 9.78 Å². The van der Waals surface area contributed by atoms with E-state index in [1.807, 2.05) is 38.1 Å². The lowest BCUT2D eigenvalue weighted by Crippen LogP contribution is -2.07. The summed E-state index contributed by atoms with van der Waals surface area (Å²) in [6, 6.07) is 8.63. The van der Waals surface area contributed by atoms with Gasteiger partial charge >= 0.3 is 5.97 Å². The molecule has 0 atom stereocenters. The molecule has 110 valence electrons. The van der Waals surface area contributed by atoms with E-state index in [-0.39, 0.29) is 17.4 Å². The van der Waals surface area contributed by atoms with Crippen molar-refractivity contribution in [1.82, 2.24) is 4.98 Å². The van der Waals surface area contributed by atoms with Crippen molar-refractivity contribution in [2.75, 3.05) is 11.1 Å². The number of ether oxygens (including phenoxy) is 1. The summed E-state index contributed by atoms with van der Waals surface area (Å²) in [5.41, 5.74) is 6.67. The first kappa shape index (κ1) is 14.6. The Labute approximate surface area is 122 Å². The number of nitrogen functional groups attached to an aromatic ring is 1. The molecule has 0 spiro atoms. The van der Waals surface area contributed by atoms with Gasteiger partial charge in [0, 0.05) is 11.9 Å². The van der Waals surface area contributed by atoms with E-state index < -0.39 is 5.97 Å². The number of carboxylic acid groups (broad SMARTS) is 1. The zero-order valence-electron chi connectivity index (χ0n) is 11.8. The van der Waals surface area contributed by atoms with Gasteiger partial charge in [-0.05, 0) is 44.2 Å². The third-order valence-electron chi connectivity index (χ3n) is 2.71. The van der Waals surface area contributed by atoms with Gasteiger partial charge in [0.2, 0.25) is 0 Å². The summed E-state index contributed by atoms with van der Waals surface area (Å²) in [6.07, 6.45) is 1.51. The Kier molecular flexibility index (Phi) is 4.27. The lowest BCUT2D eigenvalue weighted by molar-refractivity contribution is 0.0698. The van der Waals surface area contributed by atoms with Gasteiger partial charge in [-0.3, -0.25) is 0 Å². The molecule has 1 heterocycles. The number of nitrogens with two attached hydrogens (primary N) is 1. The van der Waals surface area contributed by atoms with Crippen LogP contribution in [0.15, 0.2) is 36.5 Å². The fourth-order valence-electron chi connectivity index (χ4n) is 1.79. The molecule has 0 aliphatic heterocycles. The maximum Gasteiger partial charge on any atom is 0.337 e. The van der Waals surface area contributed by atoms with Crippen LogP contribution in [0.2, 0.25) is 0 Å². The maximum atomic E-state index is 11.0. The SMILES string of the molecule is CC(C)Oc1ccc(Nc2nccc(C(=O)O)c2N)cc1. The molecular formula is C15H17N3O3. The van der Waals surface area contributed by atoms with Crippen LogP contribution in [0, 0.1) is 0 Å². The van der Waals surface area contributed by atoms with Gasteiger partial charge in [0.1, 0.15) is 5.75 Å². The molecule has 4 N–H and O–H groups in total. The summed E-state index contributed by atoms with van der Waals surface area (Å²) in [5.74, 6) is -0.0122. The highest BCUT2D eigenvalue weighted by Gasteiger charge is 2.12. The van der Waals surface area contributed by atoms with Crippen molar-refractivity contribution in [2.45, 2.75) is 20.0 Å². The Morgan fingerprint density at radius 2 is 1.95 bits per heavy atom. The standard InChI is InChI=1S/C15H17N3O3/c1-9(2)21-11-5-3-10(4-6-11)18-14-13(16)12(15(19)20)7-8-17-14/h3-9H,16H2,1-2H3,(H,17,18)(H,19,20). The highest BCUT2D eigenvalue weighted by molar-refractivity contribution is 5.96. The van der Waals surface area contributed by atoms with Gasteiger partial charge in [-0.2, -0.15) is 0 Å². The normalized spacial score (nSPS) is 10.4. The van der Waals surface area contributed by atoms with E-state index in [0.717, 1.165) is 11.4 Å². The Balaban J connectivity index is 2.19. The summed E-state index contributed by atoms with van der Waals surface area (Å²) < 4.78 is 5.55. The lowest BCUT2D eigenvalue weighted by atomic mass is 10.2. The van der Waals surface area contributed by atoms with Crippen LogP contribution >= 0.6 is 0 Å². The molecule has 0 saturated carbocycles. The van der Waals surface area contributed by atoms with Crippen molar-refractivity contribution in [3.63, 3.8) is 0 Å². The first-order valence-corrected chi connectivity index (χ1v) is 6.49. The van der Waals surface area contributed by atoms with E-state index in [1.165, 1.54) is 12.3 Å². The third kappa shape index (κ3) is 3.62. The fourth-order valence-corrected chi connectivity index (χ4v) is 1.79. The molecule has 0 radical (unpaired) electrons. The van der Waals surface area contributed by atoms with Gasteiger partial charge in [-0.15, -0.1) is 0 Å². The van der Waals surface area contributed by atoms with Gasteiger partial charge < -0.3 is 20.9 Å². The summed E-state index contributed by atoms with van der Waals surface area (Å²) in [5, 5.41) is 12.0. The Bertz CT molecular complexity index is 639. The highest BCUT2D eigenvalue weighted by atomic mass is 16.5. The monoisotopic (exact) mass is 287 g/mol. The van der Waals surface area contributed by atoms with Crippen molar-refractivity contribution in [3.05, 3.63) is 42.1 Å². The van der Waals surface area contributed by atoms with Gasteiger partial charge in [0.15, 0.2) is 5.82 Å². The van der Waals surface area contributed by atoms with E-state index in [9.17, 15) is 4.79 Å². The molecule has 1 aromatic heterocycles. The number of carboxylic acids is 1. The molecule has 0 unspecified atom stereocenters. The molecule has 0 saturated heterocycles. The number of pyridine rings is 1. The molecule has 0 fully saturated rings. The number of rotatable bonds is 5. The molecule has 0 aliphatic rings. The van der Waals surface area contributed by atoms with Crippen LogP contribution in [-0.4, -0.2) is 22.2 Å². The molecule has 0 bridgehead atoms. The van der Waals surface area contributed by atoms with Gasteiger partial charge in [0.25, 0.3) is 0 Å². The summed E-state index contributed by atoms with van der Waals surface area (Å²) in [4.78, 5) is 15.1. The van der Waals surface area contributed by atoms with E-state index >= 15 is 0 Å². The number of hydrogen-bond acceptors (Lipinski definition) is 5. The highest BCUT2D eigenvalue weighted by Crippen LogP contribution is 2.25. The predicted octanol–water partition coefficient (Wildman–Crippen LogP) is 2.89. The number of carbonyl (C=O) groups is 1. The minimum absolute atomic E-state index is 0.0206. The second-order valence-electron chi connectivity index (χ2n) is 4.74. The van der Waals surface area contributed by atoms with Crippen molar-refractivity contribution in [3.8, 4) is 5.75 Å². The molecule has 21 heavy (non-hydrogen) atoms. The zero-order valence-corrected chi connectivity index (χ0v) is 11.8. The van der Waals surface area contributed by atoms with E-state index in [4.69, 9.17) is 15.6 Å². The maximum absolute atomic E-state index is 11.0. The average molecular weight is 287 g/mol. The number of aromatic carboxylic acids is 1. The van der Waals surface area contributed by atoms with Crippen molar-refractivity contribution >= 4 is 23.2 Å². The number of benzene rings is 1. The number of anilines is 3. The van der Waals surface area contributed by atoms with Crippen LogP contribution in [0.5, 0.6) is 5.75 Å². The minimum atomic E-state index is -1.08. The van der Waals surface area contributed by atoms with E-state index in [1.54, 1.807) is 0 Å². The lowest BCUT2D eigenvalue weighted by Gasteiger charge is -2.12. The van der Waals surface area contributed by atoms with Crippen LogP contribution in [0.4, 0.5) is 17.2 Å². The summed E-state index contributed by atoms with van der Waals surface area (Å²) >= 11 is 0. The molecule has 2 aromatic rings. The molecule has 0 aliphatic carbocycles. The third-order valence-corrected chi connectivity index (χ3v) is 2.71. The van der Waals surface area contributed by atoms with Gasteiger partial charge in [-0.1, -0.05) is 0 Å². The van der Waals surface area contributed by atoms with Crippen LogP contribution in [0.25, 0.3) is 0 Å². The van der Waals surface area contributed by atoms with Crippen LogP contribution < -0.4 is 15.8 Å². The first-order chi connectivity index (χ1) is 9.97. The molecule has 1 aromatic carbocycles. The van der Waals surface area contributed by atoms with Crippen LogP contribution in [0.1, 0.15) is 24.2 Å².